The first-order valence-electron chi connectivity index (χ1n) is 5.84. The quantitative estimate of drug-likeness (QED) is 0.384. The van der Waals surface area contributed by atoms with E-state index in [2.05, 4.69) is 5.32 Å². The van der Waals surface area contributed by atoms with Crippen LogP contribution in [-0.4, -0.2) is 81.5 Å². The lowest BCUT2D eigenvalue weighted by molar-refractivity contribution is -0.164. The predicted molar refractivity (Wildman–Crippen MR) is 63.1 cm³/mol. The lowest BCUT2D eigenvalue weighted by Gasteiger charge is -2.44. The zero-order valence-electron chi connectivity index (χ0n) is 10.7. The van der Waals surface area contributed by atoms with Gasteiger partial charge in [0.05, 0.1) is 6.61 Å². The Balaban J connectivity index is 2.25. The fourth-order valence-electron chi connectivity index (χ4n) is 2.29. The summed E-state index contributed by atoms with van der Waals surface area (Å²) in [4.78, 5) is 14.5. The van der Waals surface area contributed by atoms with Crippen LogP contribution in [0.2, 0.25) is 0 Å². The van der Waals surface area contributed by atoms with Crippen molar-refractivity contribution in [2.45, 2.75) is 31.0 Å². The molecule has 4 atom stereocenters. The lowest BCUT2D eigenvalue weighted by Crippen LogP contribution is -2.67. The SMILES string of the molecule is CN1CN([C@]2(C)O[C@H](CO)[C@@H](O)[C@H]2O)C(=O)NC1=N. The fourth-order valence-corrected chi connectivity index (χ4v) is 2.29. The number of carbonyl (C=O) groups is 1. The molecule has 0 aromatic carbocycles. The summed E-state index contributed by atoms with van der Waals surface area (Å²) in [5.41, 5.74) is -1.47. The Morgan fingerprint density at radius 1 is 1.58 bits per heavy atom. The van der Waals surface area contributed by atoms with E-state index in [9.17, 15) is 15.0 Å². The third-order valence-electron chi connectivity index (χ3n) is 3.56. The summed E-state index contributed by atoms with van der Waals surface area (Å²) in [7, 11) is 1.60. The highest BCUT2D eigenvalue weighted by Gasteiger charge is 2.56. The van der Waals surface area contributed by atoms with Crippen molar-refractivity contribution >= 4 is 12.0 Å². The van der Waals surface area contributed by atoms with E-state index >= 15 is 0 Å². The monoisotopic (exact) mass is 274 g/mol. The van der Waals surface area contributed by atoms with Gasteiger partial charge >= 0.3 is 6.03 Å². The molecule has 0 radical (unpaired) electrons. The Hall–Kier alpha value is -1.42. The fraction of sp³-hybridized carbons (Fsp3) is 0.800. The van der Waals surface area contributed by atoms with Gasteiger partial charge in [-0.05, 0) is 6.92 Å². The molecule has 0 aliphatic carbocycles. The molecule has 0 saturated carbocycles. The first-order chi connectivity index (χ1) is 8.81. The second-order valence-electron chi connectivity index (χ2n) is 4.88. The van der Waals surface area contributed by atoms with Gasteiger partial charge in [-0.25, -0.2) is 4.79 Å². The number of nitrogens with zero attached hydrogens (tertiary/aromatic N) is 2. The van der Waals surface area contributed by atoms with Crippen molar-refractivity contribution in [3.8, 4) is 0 Å². The number of guanidine groups is 1. The lowest BCUT2D eigenvalue weighted by atomic mass is 10.0. The minimum Gasteiger partial charge on any atom is -0.394 e. The van der Waals surface area contributed by atoms with E-state index in [0.717, 1.165) is 0 Å². The molecule has 0 bridgehead atoms. The smallest absolute Gasteiger partial charge is 0.327 e. The summed E-state index contributed by atoms with van der Waals surface area (Å²) < 4.78 is 5.43. The third kappa shape index (κ3) is 2.04. The van der Waals surface area contributed by atoms with Crippen LogP contribution in [0.5, 0.6) is 0 Å². The highest BCUT2D eigenvalue weighted by Crippen LogP contribution is 2.34. The van der Waals surface area contributed by atoms with E-state index in [1.807, 2.05) is 0 Å². The van der Waals surface area contributed by atoms with Gasteiger partial charge in [-0.1, -0.05) is 0 Å². The molecule has 0 aromatic heterocycles. The maximum atomic E-state index is 11.9. The van der Waals surface area contributed by atoms with E-state index in [4.69, 9.17) is 15.3 Å². The topological polar surface area (TPSA) is 129 Å². The molecule has 2 fully saturated rings. The largest absolute Gasteiger partial charge is 0.394 e. The van der Waals surface area contributed by atoms with Crippen LogP contribution in [0.25, 0.3) is 0 Å². The van der Waals surface area contributed by atoms with Crippen molar-refractivity contribution in [3.63, 3.8) is 0 Å². The summed E-state index contributed by atoms with van der Waals surface area (Å²) in [5.74, 6) is -0.0587. The van der Waals surface area contributed by atoms with Gasteiger partial charge in [-0.15, -0.1) is 0 Å². The second-order valence-corrected chi connectivity index (χ2v) is 4.88. The number of carbonyl (C=O) groups excluding carboxylic acids is 1. The Morgan fingerprint density at radius 3 is 2.74 bits per heavy atom. The van der Waals surface area contributed by atoms with Crippen LogP contribution < -0.4 is 5.32 Å². The van der Waals surface area contributed by atoms with Crippen LogP contribution in [0.4, 0.5) is 4.79 Å². The molecule has 9 heteroatoms. The molecule has 0 spiro atoms. The molecule has 2 amide bonds. The number of amides is 2. The Morgan fingerprint density at radius 2 is 2.21 bits per heavy atom. The minimum absolute atomic E-state index is 0.0308. The van der Waals surface area contributed by atoms with Crippen molar-refractivity contribution in [2.75, 3.05) is 20.3 Å². The molecule has 19 heavy (non-hydrogen) atoms. The van der Waals surface area contributed by atoms with Crippen molar-refractivity contribution < 1.29 is 24.9 Å². The molecule has 5 N–H and O–H groups in total. The van der Waals surface area contributed by atoms with Gasteiger partial charge < -0.3 is 25.0 Å². The molecule has 0 unspecified atom stereocenters. The van der Waals surface area contributed by atoms with Crippen LogP contribution in [0.1, 0.15) is 6.92 Å². The summed E-state index contributed by atoms with van der Waals surface area (Å²) in [6.07, 6.45) is -3.59. The molecule has 2 heterocycles. The summed E-state index contributed by atoms with van der Waals surface area (Å²) in [5, 5.41) is 38.7. The summed E-state index contributed by atoms with van der Waals surface area (Å²) in [6.45, 7) is 1.02. The number of rotatable bonds is 2. The van der Waals surface area contributed by atoms with E-state index < -0.39 is 36.7 Å². The van der Waals surface area contributed by atoms with Crippen molar-refractivity contribution in [2.24, 2.45) is 0 Å². The van der Waals surface area contributed by atoms with Crippen LogP contribution in [0.15, 0.2) is 0 Å². The number of aliphatic hydroxyl groups excluding tert-OH is 3. The first kappa shape index (κ1) is 14.0. The average molecular weight is 274 g/mol. The summed E-state index contributed by atoms with van der Waals surface area (Å²) >= 11 is 0. The molecule has 9 nitrogen and oxygen atoms in total. The third-order valence-corrected chi connectivity index (χ3v) is 3.56. The molecule has 0 aromatic rings. The average Bonchev–Trinajstić information content (AvgIpc) is 2.59. The minimum atomic E-state index is -1.47. The number of aliphatic hydroxyl groups is 3. The zero-order valence-corrected chi connectivity index (χ0v) is 10.7. The molecule has 2 aliphatic heterocycles. The van der Waals surface area contributed by atoms with Crippen LogP contribution >= 0.6 is 0 Å². The molecular weight excluding hydrogens is 256 g/mol. The Bertz CT molecular complexity index is 405. The van der Waals surface area contributed by atoms with Gasteiger partial charge in [0.15, 0.2) is 11.7 Å². The highest BCUT2D eigenvalue weighted by atomic mass is 16.6. The van der Waals surface area contributed by atoms with Crippen molar-refractivity contribution in [1.82, 2.24) is 15.1 Å². The number of hydrogen-bond acceptors (Lipinski definition) is 6. The first-order valence-corrected chi connectivity index (χ1v) is 5.84. The Kier molecular flexibility index (Phi) is 3.39. The molecule has 108 valence electrons. The maximum absolute atomic E-state index is 11.9. The van der Waals surface area contributed by atoms with Crippen molar-refractivity contribution in [3.05, 3.63) is 0 Å². The Labute approximate surface area is 109 Å². The number of nitrogens with one attached hydrogen (secondary N) is 2. The second kappa shape index (κ2) is 4.60. The number of ether oxygens (including phenoxy) is 1. The molecular formula is C10H18N4O5. The van der Waals surface area contributed by atoms with E-state index in [-0.39, 0.29) is 12.6 Å². The van der Waals surface area contributed by atoms with E-state index in [1.54, 1.807) is 7.05 Å². The molecule has 2 saturated heterocycles. The van der Waals surface area contributed by atoms with Gasteiger partial charge in [0, 0.05) is 7.05 Å². The highest BCUT2D eigenvalue weighted by molar-refractivity contribution is 5.96. The zero-order chi connectivity index (χ0) is 14.4. The van der Waals surface area contributed by atoms with Gasteiger partial charge in [0.25, 0.3) is 0 Å². The predicted octanol–water partition coefficient (Wildman–Crippen LogP) is -2.34. The van der Waals surface area contributed by atoms with Gasteiger partial charge in [-0.3, -0.25) is 15.6 Å². The standard InChI is InChI=1S/C10H18N4O5/c1-10(7(17)6(16)5(3-15)19-10)14-4-13(2)8(11)12-9(14)18/h5-7,15-17H,3-4H2,1-2H3,(H2,11,12,18)/t5-,6-,7-,10-/m1/s1. The van der Waals surface area contributed by atoms with Crippen LogP contribution in [-0.2, 0) is 4.74 Å². The number of hydrogen-bond donors (Lipinski definition) is 5. The normalized spacial score (nSPS) is 39.7. The molecule has 2 aliphatic rings. The number of urea groups is 1. The van der Waals surface area contributed by atoms with Gasteiger partial charge in [0.1, 0.15) is 25.0 Å². The maximum Gasteiger partial charge on any atom is 0.327 e. The van der Waals surface area contributed by atoms with Crippen LogP contribution in [0.3, 0.4) is 0 Å². The summed E-state index contributed by atoms with van der Waals surface area (Å²) in [6, 6.07) is -0.601. The van der Waals surface area contributed by atoms with Crippen molar-refractivity contribution in [1.29, 1.82) is 5.41 Å². The van der Waals surface area contributed by atoms with E-state index in [1.165, 1.54) is 16.7 Å². The molecule has 2 rings (SSSR count). The van der Waals surface area contributed by atoms with Gasteiger partial charge in [0.2, 0.25) is 0 Å². The van der Waals surface area contributed by atoms with E-state index in [0.29, 0.717) is 0 Å². The van der Waals surface area contributed by atoms with Gasteiger partial charge in [-0.2, -0.15) is 0 Å². The van der Waals surface area contributed by atoms with Crippen LogP contribution in [0, 0.1) is 5.41 Å².